The van der Waals surface area contributed by atoms with E-state index < -0.39 is 5.60 Å². The Bertz CT molecular complexity index is 299. The average Bonchev–Trinajstić information content (AvgIpc) is 2.62. The van der Waals surface area contributed by atoms with Crippen LogP contribution >= 0.6 is 0 Å². The molecule has 1 amide bonds. The fraction of sp³-hybridized carbons (Fsp3) is 0.933. The Balaban J connectivity index is 1.81. The summed E-state index contributed by atoms with van der Waals surface area (Å²) in [7, 11) is 0. The molecule has 4 nitrogen and oxygen atoms in total. The fourth-order valence-electron chi connectivity index (χ4n) is 3.33. The van der Waals surface area contributed by atoms with Crippen LogP contribution in [-0.2, 0) is 4.79 Å². The fourth-order valence-corrected chi connectivity index (χ4v) is 3.33. The van der Waals surface area contributed by atoms with Crippen molar-refractivity contribution in [2.75, 3.05) is 13.1 Å². The van der Waals surface area contributed by atoms with Crippen LogP contribution in [0.5, 0.6) is 0 Å². The lowest BCUT2D eigenvalue weighted by molar-refractivity contribution is -0.126. The molecule has 110 valence electrons. The lowest BCUT2D eigenvalue weighted by atomic mass is 9.91. The van der Waals surface area contributed by atoms with E-state index in [4.69, 9.17) is 0 Å². The first-order valence-corrected chi connectivity index (χ1v) is 7.84. The SMILES string of the molecule is CC1CCCNC1C(=O)NCC1(O)CCCCCC1. The molecule has 0 aromatic carbocycles. The van der Waals surface area contributed by atoms with Gasteiger partial charge in [-0.05, 0) is 38.1 Å². The van der Waals surface area contributed by atoms with Gasteiger partial charge in [-0.1, -0.05) is 32.6 Å². The summed E-state index contributed by atoms with van der Waals surface area (Å²) in [5.41, 5.74) is -0.677. The van der Waals surface area contributed by atoms with Crippen LogP contribution in [0.25, 0.3) is 0 Å². The second-order valence-corrected chi connectivity index (χ2v) is 6.41. The largest absolute Gasteiger partial charge is 0.388 e. The molecule has 1 saturated carbocycles. The van der Waals surface area contributed by atoms with Crippen molar-refractivity contribution in [1.82, 2.24) is 10.6 Å². The van der Waals surface area contributed by atoms with E-state index in [1.807, 2.05) is 0 Å². The highest BCUT2D eigenvalue weighted by atomic mass is 16.3. The van der Waals surface area contributed by atoms with Gasteiger partial charge in [0.25, 0.3) is 0 Å². The topological polar surface area (TPSA) is 61.4 Å². The van der Waals surface area contributed by atoms with Crippen LogP contribution in [0, 0.1) is 5.92 Å². The summed E-state index contributed by atoms with van der Waals surface area (Å²) in [6.45, 7) is 3.46. The molecule has 4 heteroatoms. The molecule has 2 aliphatic rings. The van der Waals surface area contributed by atoms with Crippen LogP contribution < -0.4 is 10.6 Å². The van der Waals surface area contributed by atoms with E-state index in [1.165, 1.54) is 12.8 Å². The van der Waals surface area contributed by atoms with Gasteiger partial charge in [-0.3, -0.25) is 4.79 Å². The summed E-state index contributed by atoms with van der Waals surface area (Å²) in [4.78, 5) is 12.2. The summed E-state index contributed by atoms with van der Waals surface area (Å²) in [6, 6.07) is -0.0804. The zero-order chi connectivity index (χ0) is 13.7. The first-order valence-electron chi connectivity index (χ1n) is 7.84. The summed E-state index contributed by atoms with van der Waals surface area (Å²) >= 11 is 0. The third kappa shape index (κ3) is 4.18. The van der Waals surface area contributed by atoms with E-state index in [0.29, 0.717) is 12.5 Å². The molecule has 1 heterocycles. The first kappa shape index (κ1) is 14.8. The first-order chi connectivity index (χ1) is 9.11. The van der Waals surface area contributed by atoms with Gasteiger partial charge < -0.3 is 15.7 Å². The number of rotatable bonds is 3. The maximum atomic E-state index is 12.2. The lowest BCUT2D eigenvalue weighted by Crippen LogP contribution is -2.53. The number of hydrogen-bond donors (Lipinski definition) is 3. The summed E-state index contributed by atoms with van der Waals surface area (Å²) in [5.74, 6) is 0.447. The molecular weight excluding hydrogens is 240 g/mol. The van der Waals surface area contributed by atoms with Gasteiger partial charge in [0.2, 0.25) is 5.91 Å². The molecule has 3 N–H and O–H groups in total. The van der Waals surface area contributed by atoms with Crippen LogP contribution in [-0.4, -0.2) is 35.7 Å². The van der Waals surface area contributed by atoms with Gasteiger partial charge in [0.1, 0.15) is 0 Å². The van der Waals surface area contributed by atoms with Crippen LogP contribution in [0.3, 0.4) is 0 Å². The molecular formula is C15H28N2O2. The highest BCUT2D eigenvalue weighted by Crippen LogP contribution is 2.26. The van der Waals surface area contributed by atoms with Crippen molar-refractivity contribution in [3.05, 3.63) is 0 Å². The minimum absolute atomic E-state index is 0.0601. The number of aliphatic hydroxyl groups is 1. The zero-order valence-corrected chi connectivity index (χ0v) is 12.1. The van der Waals surface area contributed by atoms with E-state index in [1.54, 1.807) is 0 Å². The summed E-state index contributed by atoms with van der Waals surface area (Å²) in [6.07, 6.45) is 8.45. The van der Waals surface area contributed by atoms with Crippen LogP contribution in [0.4, 0.5) is 0 Å². The predicted molar refractivity (Wildman–Crippen MR) is 75.9 cm³/mol. The highest BCUT2D eigenvalue weighted by Gasteiger charge is 2.31. The molecule has 19 heavy (non-hydrogen) atoms. The Hall–Kier alpha value is -0.610. The van der Waals surface area contributed by atoms with E-state index in [2.05, 4.69) is 17.6 Å². The van der Waals surface area contributed by atoms with Crippen molar-refractivity contribution in [2.45, 2.75) is 69.9 Å². The zero-order valence-electron chi connectivity index (χ0n) is 12.1. The molecule has 2 unspecified atom stereocenters. The molecule has 2 fully saturated rings. The summed E-state index contributed by atoms with van der Waals surface area (Å²) < 4.78 is 0. The lowest BCUT2D eigenvalue weighted by Gasteiger charge is -2.31. The second kappa shape index (κ2) is 6.71. The summed E-state index contributed by atoms with van der Waals surface area (Å²) in [5, 5.41) is 16.8. The van der Waals surface area contributed by atoms with Crippen molar-refractivity contribution in [1.29, 1.82) is 0 Å². The normalized spacial score (nSPS) is 31.5. The standard InChI is InChI=1S/C15H28N2O2/c1-12-7-6-10-16-13(12)14(18)17-11-15(19)8-4-2-3-5-9-15/h12-13,16,19H,2-11H2,1H3,(H,17,18). The van der Waals surface area contributed by atoms with Gasteiger partial charge in [0.05, 0.1) is 11.6 Å². The quantitative estimate of drug-likeness (QED) is 0.681. The molecule has 0 bridgehead atoms. The average molecular weight is 268 g/mol. The van der Waals surface area contributed by atoms with Crippen molar-refractivity contribution in [2.24, 2.45) is 5.92 Å². The van der Waals surface area contributed by atoms with Gasteiger partial charge in [-0.15, -0.1) is 0 Å². The molecule has 0 radical (unpaired) electrons. The van der Waals surface area contributed by atoms with Crippen molar-refractivity contribution in [3.63, 3.8) is 0 Å². The number of hydrogen-bond acceptors (Lipinski definition) is 3. The highest BCUT2D eigenvalue weighted by molar-refractivity contribution is 5.82. The number of nitrogens with one attached hydrogen (secondary N) is 2. The van der Waals surface area contributed by atoms with Crippen molar-refractivity contribution in [3.8, 4) is 0 Å². The van der Waals surface area contributed by atoms with Crippen molar-refractivity contribution < 1.29 is 9.90 Å². The maximum Gasteiger partial charge on any atom is 0.237 e. The molecule has 1 saturated heterocycles. The Morgan fingerprint density at radius 1 is 1.26 bits per heavy atom. The molecule has 2 atom stereocenters. The van der Waals surface area contributed by atoms with Crippen LogP contribution in [0.2, 0.25) is 0 Å². The van der Waals surface area contributed by atoms with Gasteiger partial charge >= 0.3 is 0 Å². The van der Waals surface area contributed by atoms with Crippen LogP contribution in [0.1, 0.15) is 58.3 Å². The van der Waals surface area contributed by atoms with Gasteiger partial charge in [-0.25, -0.2) is 0 Å². The molecule has 1 aliphatic carbocycles. The third-order valence-electron chi connectivity index (χ3n) is 4.68. The van der Waals surface area contributed by atoms with Gasteiger partial charge in [0, 0.05) is 6.54 Å². The molecule has 1 aliphatic heterocycles. The van der Waals surface area contributed by atoms with E-state index in [-0.39, 0.29) is 11.9 Å². The molecule has 0 spiro atoms. The molecule has 2 rings (SSSR count). The Labute approximate surface area is 116 Å². The second-order valence-electron chi connectivity index (χ2n) is 6.41. The minimum Gasteiger partial charge on any atom is -0.388 e. The van der Waals surface area contributed by atoms with Gasteiger partial charge in [-0.2, -0.15) is 0 Å². The molecule has 0 aromatic heterocycles. The number of carbonyl (C=O) groups excluding carboxylic acids is 1. The van der Waals surface area contributed by atoms with E-state index >= 15 is 0 Å². The Kier molecular flexibility index (Phi) is 5.22. The molecule has 0 aromatic rings. The third-order valence-corrected chi connectivity index (χ3v) is 4.68. The van der Waals surface area contributed by atoms with Gasteiger partial charge in [0.15, 0.2) is 0 Å². The van der Waals surface area contributed by atoms with E-state index in [9.17, 15) is 9.90 Å². The minimum atomic E-state index is -0.677. The predicted octanol–water partition coefficient (Wildman–Crippen LogP) is 1.58. The maximum absolute atomic E-state index is 12.2. The van der Waals surface area contributed by atoms with Crippen molar-refractivity contribution >= 4 is 5.91 Å². The Morgan fingerprint density at radius 2 is 1.95 bits per heavy atom. The van der Waals surface area contributed by atoms with Crippen LogP contribution in [0.15, 0.2) is 0 Å². The number of piperidine rings is 1. The monoisotopic (exact) mass is 268 g/mol. The Morgan fingerprint density at radius 3 is 2.58 bits per heavy atom. The van der Waals surface area contributed by atoms with E-state index in [0.717, 1.165) is 45.1 Å². The number of carbonyl (C=O) groups is 1. The number of amides is 1. The smallest absolute Gasteiger partial charge is 0.237 e.